The molecule has 0 saturated carbocycles. The molecule has 0 radical (unpaired) electrons. The molecule has 0 aliphatic carbocycles. The number of aromatic nitrogens is 3. The van der Waals surface area contributed by atoms with Crippen LogP contribution in [0.25, 0.3) is 16.7 Å². The number of hydrogen-bond donors (Lipinski definition) is 3. The zero-order valence-corrected chi connectivity index (χ0v) is 18.4. The van der Waals surface area contributed by atoms with Crippen molar-refractivity contribution in [2.75, 3.05) is 12.4 Å². The van der Waals surface area contributed by atoms with Crippen molar-refractivity contribution in [3.8, 4) is 6.07 Å². The summed E-state index contributed by atoms with van der Waals surface area (Å²) in [4.78, 5) is 36.2. The van der Waals surface area contributed by atoms with Gasteiger partial charge in [-0.1, -0.05) is 20.8 Å². The highest BCUT2D eigenvalue weighted by Crippen LogP contribution is 2.28. The minimum absolute atomic E-state index is 0.0720. The first-order valence-corrected chi connectivity index (χ1v) is 9.85. The van der Waals surface area contributed by atoms with E-state index in [-0.39, 0.29) is 22.5 Å². The van der Waals surface area contributed by atoms with Crippen molar-refractivity contribution in [2.24, 2.45) is 5.41 Å². The number of carbonyl (C=O) groups is 2. The minimum Gasteiger partial charge on any atom is -0.354 e. The third-order valence-electron chi connectivity index (χ3n) is 4.89. The number of amides is 1. The molecule has 8 nitrogen and oxygen atoms in total. The lowest BCUT2D eigenvalue weighted by Crippen LogP contribution is -2.20. The highest BCUT2D eigenvalue weighted by atomic mass is 19.1. The summed E-state index contributed by atoms with van der Waals surface area (Å²) < 4.78 is 14.8. The quantitative estimate of drug-likeness (QED) is 0.315. The molecule has 0 aliphatic rings. The molecule has 32 heavy (non-hydrogen) atoms. The molecule has 3 rings (SSSR count). The molecule has 0 saturated heterocycles. The number of nitriles is 1. The van der Waals surface area contributed by atoms with E-state index in [0.717, 1.165) is 0 Å². The van der Waals surface area contributed by atoms with Gasteiger partial charge >= 0.3 is 0 Å². The molecule has 3 N–H and O–H groups in total. The monoisotopic (exact) mass is 434 g/mol. The largest absolute Gasteiger partial charge is 0.354 e. The first-order chi connectivity index (χ1) is 15.1. The zero-order chi connectivity index (χ0) is 23.6. The van der Waals surface area contributed by atoms with Crippen molar-refractivity contribution in [1.82, 2.24) is 20.3 Å². The Labute approximate surface area is 184 Å². The Bertz CT molecular complexity index is 1290. The van der Waals surface area contributed by atoms with Crippen LogP contribution in [0.1, 0.15) is 43.6 Å². The van der Waals surface area contributed by atoms with Gasteiger partial charge in [0.25, 0.3) is 5.91 Å². The van der Waals surface area contributed by atoms with E-state index in [1.165, 1.54) is 32.3 Å². The first-order valence-electron chi connectivity index (χ1n) is 9.85. The number of Topliss-reactive ketones (excluding diaryl/α,β-unsaturated/α-hetero) is 1. The van der Waals surface area contributed by atoms with Crippen molar-refractivity contribution in [2.45, 2.75) is 27.7 Å². The average molecular weight is 434 g/mol. The Morgan fingerprint density at radius 2 is 1.94 bits per heavy atom. The first kappa shape index (κ1) is 22.6. The van der Waals surface area contributed by atoms with Crippen molar-refractivity contribution in [3.63, 3.8) is 0 Å². The van der Waals surface area contributed by atoms with Crippen LogP contribution in [-0.4, -0.2) is 33.7 Å². The number of H-pyrrole nitrogens is 1. The van der Waals surface area contributed by atoms with Crippen LogP contribution in [0.15, 0.2) is 36.2 Å². The molecule has 0 aliphatic heterocycles. The van der Waals surface area contributed by atoms with E-state index in [2.05, 4.69) is 25.6 Å². The van der Waals surface area contributed by atoms with Crippen LogP contribution < -0.4 is 10.6 Å². The second-order valence-corrected chi connectivity index (χ2v) is 8.24. The van der Waals surface area contributed by atoms with Gasteiger partial charge < -0.3 is 15.6 Å². The summed E-state index contributed by atoms with van der Waals surface area (Å²) in [5.41, 5.74) is 1.36. The van der Waals surface area contributed by atoms with Gasteiger partial charge in [-0.05, 0) is 30.7 Å². The molecule has 1 aromatic carbocycles. The lowest BCUT2D eigenvalue weighted by molar-refractivity contribution is -0.116. The molecule has 0 unspecified atom stereocenters. The maximum Gasteiger partial charge on any atom is 0.261 e. The van der Waals surface area contributed by atoms with Crippen molar-refractivity contribution >= 4 is 39.9 Å². The average Bonchev–Trinajstić information content (AvgIpc) is 3.15. The molecule has 0 spiro atoms. The lowest BCUT2D eigenvalue weighted by Gasteiger charge is -2.15. The third kappa shape index (κ3) is 4.34. The summed E-state index contributed by atoms with van der Waals surface area (Å²) >= 11 is 0. The molecule has 1 amide bonds. The van der Waals surface area contributed by atoms with Gasteiger partial charge in [-0.2, -0.15) is 5.26 Å². The van der Waals surface area contributed by atoms with Crippen LogP contribution in [0.5, 0.6) is 0 Å². The molecular formula is C23H23FN6O2. The van der Waals surface area contributed by atoms with Crippen molar-refractivity contribution in [3.05, 3.63) is 53.1 Å². The van der Waals surface area contributed by atoms with E-state index >= 15 is 0 Å². The Hall–Kier alpha value is -4.06. The number of nitrogens with one attached hydrogen (secondary N) is 3. The number of fused-ring (bicyclic) bond motifs is 1. The molecule has 0 atom stereocenters. The van der Waals surface area contributed by atoms with E-state index in [1.54, 1.807) is 12.3 Å². The van der Waals surface area contributed by atoms with Crippen LogP contribution in [0.3, 0.4) is 0 Å². The Balaban J connectivity index is 1.94. The Morgan fingerprint density at radius 1 is 1.22 bits per heavy atom. The van der Waals surface area contributed by atoms with Crippen LogP contribution in [0.2, 0.25) is 0 Å². The van der Waals surface area contributed by atoms with E-state index in [1.807, 2.05) is 26.8 Å². The molecular weight excluding hydrogens is 411 g/mol. The molecule has 2 aromatic heterocycles. The fraction of sp³-hybridized carbons (Fsp3) is 0.261. The number of anilines is 2. The minimum atomic E-state index is -0.608. The molecule has 0 bridgehead atoms. The maximum atomic E-state index is 14.8. The number of rotatable bonds is 5. The summed E-state index contributed by atoms with van der Waals surface area (Å²) in [7, 11) is 1.40. The predicted octanol–water partition coefficient (Wildman–Crippen LogP) is 4.11. The summed E-state index contributed by atoms with van der Waals surface area (Å²) in [6.07, 6.45) is 3.06. The number of allylic oxidation sites excluding steroid dienone is 1. The van der Waals surface area contributed by atoms with Gasteiger partial charge in [-0.15, -0.1) is 0 Å². The van der Waals surface area contributed by atoms with Gasteiger partial charge in [0.05, 0.1) is 11.8 Å². The van der Waals surface area contributed by atoms with Gasteiger partial charge in [0, 0.05) is 29.9 Å². The number of hydrogen-bond acceptors (Lipinski definition) is 6. The summed E-state index contributed by atoms with van der Waals surface area (Å²) in [5.74, 6) is -0.925. The normalized spacial score (nSPS) is 12.2. The summed E-state index contributed by atoms with van der Waals surface area (Å²) in [6, 6.07) is 6.12. The topological polar surface area (TPSA) is 124 Å². The molecule has 164 valence electrons. The fourth-order valence-electron chi connectivity index (χ4n) is 3.14. The van der Waals surface area contributed by atoms with Crippen molar-refractivity contribution < 1.29 is 14.0 Å². The SMILES string of the molecule is CNC(=O)C(C#N)=C(C)c1ccc(Nc2cnc3[nH]cc(C(=O)C(C)(C)C)c3n2)cc1F. The third-order valence-corrected chi connectivity index (χ3v) is 4.89. The molecule has 3 aromatic rings. The van der Waals surface area contributed by atoms with Crippen LogP contribution >= 0.6 is 0 Å². The zero-order valence-electron chi connectivity index (χ0n) is 18.4. The molecule has 0 fully saturated rings. The Kier molecular flexibility index (Phi) is 6.07. The summed E-state index contributed by atoms with van der Waals surface area (Å²) in [5, 5.41) is 14.6. The molecule has 9 heteroatoms. The van der Waals surface area contributed by atoms with Gasteiger partial charge in [0.15, 0.2) is 11.4 Å². The maximum absolute atomic E-state index is 14.8. The highest BCUT2D eigenvalue weighted by molar-refractivity contribution is 6.08. The van der Waals surface area contributed by atoms with E-state index < -0.39 is 17.1 Å². The number of likely N-dealkylation sites (N-methyl/N-ethyl adjacent to an activating group) is 1. The van der Waals surface area contributed by atoms with E-state index in [9.17, 15) is 19.2 Å². The smallest absolute Gasteiger partial charge is 0.261 e. The number of benzene rings is 1. The number of carbonyl (C=O) groups excluding carboxylic acids is 2. The highest BCUT2D eigenvalue weighted by Gasteiger charge is 2.26. The predicted molar refractivity (Wildman–Crippen MR) is 120 cm³/mol. The van der Waals surface area contributed by atoms with Gasteiger partial charge in [-0.3, -0.25) is 9.59 Å². The number of aromatic amines is 1. The molecule has 2 heterocycles. The second kappa shape index (κ2) is 8.59. The second-order valence-electron chi connectivity index (χ2n) is 8.24. The number of halogens is 1. The van der Waals surface area contributed by atoms with Crippen molar-refractivity contribution in [1.29, 1.82) is 5.26 Å². The van der Waals surface area contributed by atoms with Gasteiger partial charge in [0.1, 0.15) is 28.8 Å². The number of nitrogens with zero attached hydrogens (tertiary/aromatic N) is 3. The van der Waals surface area contributed by atoms with E-state index in [4.69, 9.17) is 0 Å². The standard InChI is InChI=1S/C23H23FN6O2/c1-12(15(9-25)22(32)26-5)14-7-6-13(8-17(14)24)29-18-11-28-21-19(30-18)16(10-27-21)20(31)23(2,3)4/h6-8,10-11H,1-5H3,(H,26,32)(H,27,28)(H,29,30). The van der Waals surface area contributed by atoms with Gasteiger partial charge in [-0.25, -0.2) is 14.4 Å². The van der Waals surface area contributed by atoms with Crippen LogP contribution in [0, 0.1) is 22.6 Å². The lowest BCUT2D eigenvalue weighted by atomic mass is 9.87. The van der Waals surface area contributed by atoms with Crippen LogP contribution in [0.4, 0.5) is 15.9 Å². The Morgan fingerprint density at radius 3 is 2.53 bits per heavy atom. The van der Waals surface area contributed by atoms with Gasteiger partial charge in [0.2, 0.25) is 0 Å². The van der Waals surface area contributed by atoms with E-state index in [0.29, 0.717) is 28.2 Å². The summed E-state index contributed by atoms with van der Waals surface area (Å²) in [6.45, 7) is 6.99. The number of ketones is 1. The fourth-order valence-corrected chi connectivity index (χ4v) is 3.14. The van der Waals surface area contributed by atoms with Crippen LogP contribution in [-0.2, 0) is 4.79 Å².